The first-order chi connectivity index (χ1) is 8.06. The molecule has 0 bridgehead atoms. The van der Waals surface area contributed by atoms with E-state index in [1.54, 1.807) is 0 Å². The Morgan fingerprint density at radius 3 is 2.47 bits per heavy atom. The molecule has 94 valence electrons. The van der Waals surface area contributed by atoms with Gasteiger partial charge in [0.1, 0.15) is 11.6 Å². The van der Waals surface area contributed by atoms with Gasteiger partial charge in [-0.25, -0.2) is 8.78 Å². The second kappa shape index (κ2) is 6.30. The highest BCUT2D eigenvalue weighted by molar-refractivity contribution is 5.74. The summed E-state index contributed by atoms with van der Waals surface area (Å²) in [5.74, 6) is -1.93. The summed E-state index contributed by atoms with van der Waals surface area (Å²) in [6.07, 6.45) is 0.670. The minimum atomic E-state index is -0.714. The van der Waals surface area contributed by atoms with Crippen LogP contribution in [0.1, 0.15) is 31.4 Å². The Labute approximate surface area is 99.0 Å². The van der Waals surface area contributed by atoms with Gasteiger partial charge < -0.3 is 11.1 Å². The van der Waals surface area contributed by atoms with Crippen LogP contribution >= 0.6 is 0 Å². The lowest BCUT2D eigenvalue weighted by Gasteiger charge is -2.18. The van der Waals surface area contributed by atoms with Gasteiger partial charge in [0.05, 0.1) is 0 Å². The summed E-state index contributed by atoms with van der Waals surface area (Å²) < 4.78 is 27.1. The summed E-state index contributed by atoms with van der Waals surface area (Å²) >= 11 is 0. The smallest absolute Gasteiger partial charge is 0.219 e. The molecule has 1 amide bonds. The van der Waals surface area contributed by atoms with Gasteiger partial charge >= 0.3 is 0 Å². The van der Waals surface area contributed by atoms with E-state index in [9.17, 15) is 13.6 Å². The fourth-order valence-electron chi connectivity index (χ4n) is 1.64. The molecule has 0 aliphatic rings. The number of nitrogens with one attached hydrogen (secondary N) is 1. The maximum atomic E-state index is 13.5. The number of hydrogen-bond acceptors (Lipinski definition) is 2. The summed E-state index contributed by atoms with van der Waals surface area (Å²) in [4.78, 5) is 10.9. The number of rotatable bonds is 6. The van der Waals surface area contributed by atoms with Crippen LogP contribution in [0.5, 0.6) is 0 Å². The zero-order chi connectivity index (χ0) is 12.8. The van der Waals surface area contributed by atoms with Crippen molar-refractivity contribution in [3.63, 3.8) is 0 Å². The predicted octanol–water partition coefficient (Wildman–Crippen LogP) is 1.88. The minimum Gasteiger partial charge on any atom is -0.370 e. The molecule has 5 heteroatoms. The molecule has 0 aromatic heterocycles. The largest absolute Gasteiger partial charge is 0.370 e. The molecular weight excluding hydrogens is 226 g/mol. The Kier molecular flexibility index (Phi) is 5.03. The number of primary amides is 1. The van der Waals surface area contributed by atoms with Crippen molar-refractivity contribution in [3.05, 3.63) is 35.4 Å². The highest BCUT2D eigenvalue weighted by atomic mass is 19.1. The third-order valence-corrected chi connectivity index (χ3v) is 2.39. The van der Waals surface area contributed by atoms with Crippen LogP contribution in [0.25, 0.3) is 0 Å². The second-order valence-corrected chi connectivity index (χ2v) is 3.81. The number of nitrogens with two attached hydrogens (primary N) is 1. The van der Waals surface area contributed by atoms with Crippen molar-refractivity contribution in [1.29, 1.82) is 0 Å². The Morgan fingerprint density at radius 1 is 1.41 bits per heavy atom. The van der Waals surface area contributed by atoms with Crippen molar-refractivity contribution in [2.45, 2.75) is 25.8 Å². The normalized spacial score (nSPS) is 12.4. The zero-order valence-corrected chi connectivity index (χ0v) is 9.67. The van der Waals surface area contributed by atoms with Crippen LogP contribution in [0.15, 0.2) is 18.2 Å². The first-order valence-corrected chi connectivity index (χ1v) is 5.51. The van der Waals surface area contributed by atoms with Crippen LogP contribution in [-0.4, -0.2) is 12.5 Å². The SMILES string of the molecule is CCCNC(CC(N)=O)c1c(F)cccc1F. The Hall–Kier alpha value is -1.49. The zero-order valence-electron chi connectivity index (χ0n) is 9.67. The second-order valence-electron chi connectivity index (χ2n) is 3.81. The molecule has 1 aromatic rings. The van der Waals surface area contributed by atoms with Crippen LogP contribution in [0.3, 0.4) is 0 Å². The van der Waals surface area contributed by atoms with E-state index in [1.165, 1.54) is 18.2 Å². The standard InChI is InChI=1S/C12H16F2N2O/c1-2-6-16-10(7-11(15)17)12-8(13)4-3-5-9(12)14/h3-5,10,16H,2,6-7H2,1H3,(H2,15,17). The van der Waals surface area contributed by atoms with Crippen LogP contribution < -0.4 is 11.1 Å². The third kappa shape index (κ3) is 3.78. The predicted molar refractivity (Wildman–Crippen MR) is 61.2 cm³/mol. The molecule has 0 radical (unpaired) electrons. The molecule has 0 fully saturated rings. The lowest BCUT2D eigenvalue weighted by atomic mass is 10.0. The summed E-state index contributed by atoms with van der Waals surface area (Å²) in [6.45, 7) is 2.48. The number of hydrogen-bond donors (Lipinski definition) is 2. The number of carbonyl (C=O) groups excluding carboxylic acids is 1. The molecule has 1 atom stereocenters. The van der Waals surface area contributed by atoms with E-state index in [0.29, 0.717) is 6.54 Å². The molecule has 1 unspecified atom stereocenters. The molecule has 3 N–H and O–H groups in total. The van der Waals surface area contributed by atoms with E-state index < -0.39 is 23.6 Å². The highest BCUT2D eigenvalue weighted by Crippen LogP contribution is 2.23. The van der Waals surface area contributed by atoms with Crippen molar-refractivity contribution < 1.29 is 13.6 Å². The Bertz CT molecular complexity index is 376. The van der Waals surface area contributed by atoms with Gasteiger partial charge in [0.2, 0.25) is 5.91 Å². The molecule has 1 aromatic carbocycles. The third-order valence-electron chi connectivity index (χ3n) is 2.39. The highest BCUT2D eigenvalue weighted by Gasteiger charge is 2.21. The van der Waals surface area contributed by atoms with E-state index in [2.05, 4.69) is 5.32 Å². The van der Waals surface area contributed by atoms with Gasteiger partial charge in [-0.05, 0) is 25.1 Å². The van der Waals surface area contributed by atoms with Crippen molar-refractivity contribution in [2.24, 2.45) is 5.73 Å². The van der Waals surface area contributed by atoms with Crippen LogP contribution in [0.2, 0.25) is 0 Å². The van der Waals surface area contributed by atoms with Crippen LogP contribution in [0, 0.1) is 11.6 Å². The molecule has 0 aliphatic heterocycles. The number of carbonyl (C=O) groups is 1. The summed E-state index contributed by atoms with van der Waals surface area (Å²) in [5.41, 5.74) is 4.95. The molecule has 0 heterocycles. The molecule has 0 spiro atoms. The Balaban J connectivity index is 2.98. The van der Waals surface area contributed by atoms with E-state index in [-0.39, 0.29) is 12.0 Å². The number of halogens is 2. The van der Waals surface area contributed by atoms with Crippen LogP contribution in [-0.2, 0) is 4.79 Å². The van der Waals surface area contributed by atoms with Crippen molar-refractivity contribution in [1.82, 2.24) is 5.32 Å². The maximum Gasteiger partial charge on any atom is 0.219 e. The topological polar surface area (TPSA) is 55.1 Å². The molecule has 0 saturated heterocycles. The van der Waals surface area contributed by atoms with Crippen LogP contribution in [0.4, 0.5) is 8.78 Å². The van der Waals surface area contributed by atoms with Crippen molar-refractivity contribution >= 4 is 5.91 Å². The molecule has 3 nitrogen and oxygen atoms in total. The number of amides is 1. The first kappa shape index (κ1) is 13.6. The van der Waals surface area contributed by atoms with E-state index in [0.717, 1.165) is 6.42 Å². The number of benzene rings is 1. The molecular formula is C12H16F2N2O. The minimum absolute atomic E-state index is 0.125. The molecule has 1 rings (SSSR count). The fraction of sp³-hybridized carbons (Fsp3) is 0.417. The summed E-state index contributed by atoms with van der Waals surface area (Å²) in [7, 11) is 0. The van der Waals surface area contributed by atoms with Crippen molar-refractivity contribution in [2.75, 3.05) is 6.54 Å². The fourth-order valence-corrected chi connectivity index (χ4v) is 1.64. The van der Waals surface area contributed by atoms with Gasteiger partial charge in [-0.3, -0.25) is 4.79 Å². The average molecular weight is 242 g/mol. The van der Waals surface area contributed by atoms with Gasteiger partial charge in [-0.1, -0.05) is 13.0 Å². The average Bonchev–Trinajstić information content (AvgIpc) is 2.24. The maximum absolute atomic E-state index is 13.5. The summed E-state index contributed by atoms with van der Waals surface area (Å²) in [6, 6.07) is 2.91. The monoisotopic (exact) mass is 242 g/mol. The summed E-state index contributed by atoms with van der Waals surface area (Å²) in [5, 5.41) is 2.92. The van der Waals surface area contributed by atoms with Gasteiger partial charge in [0.25, 0.3) is 0 Å². The quantitative estimate of drug-likeness (QED) is 0.800. The van der Waals surface area contributed by atoms with E-state index in [1.807, 2.05) is 6.92 Å². The lowest BCUT2D eigenvalue weighted by Crippen LogP contribution is -2.28. The van der Waals surface area contributed by atoms with Gasteiger partial charge in [-0.15, -0.1) is 0 Å². The van der Waals surface area contributed by atoms with Crippen molar-refractivity contribution in [3.8, 4) is 0 Å². The lowest BCUT2D eigenvalue weighted by molar-refractivity contribution is -0.118. The molecule has 0 saturated carbocycles. The van der Waals surface area contributed by atoms with Gasteiger partial charge in [0.15, 0.2) is 0 Å². The van der Waals surface area contributed by atoms with E-state index >= 15 is 0 Å². The van der Waals surface area contributed by atoms with Gasteiger partial charge in [0, 0.05) is 18.0 Å². The first-order valence-electron chi connectivity index (χ1n) is 5.51. The van der Waals surface area contributed by atoms with Gasteiger partial charge in [-0.2, -0.15) is 0 Å². The van der Waals surface area contributed by atoms with E-state index in [4.69, 9.17) is 5.73 Å². The molecule has 17 heavy (non-hydrogen) atoms. The Morgan fingerprint density at radius 2 is 2.00 bits per heavy atom. The molecule has 0 aliphatic carbocycles.